The molecule has 2 aromatic rings. The van der Waals surface area contributed by atoms with Gasteiger partial charge < -0.3 is 15.7 Å². The highest BCUT2D eigenvalue weighted by Gasteiger charge is 2.16. The highest BCUT2D eigenvalue weighted by atomic mass is 32.1. The van der Waals surface area contributed by atoms with Crippen molar-refractivity contribution in [2.24, 2.45) is 0 Å². The maximum atomic E-state index is 13.4. The number of hydrogen-bond acceptors (Lipinski definition) is 3. The Balaban J connectivity index is 1.87. The summed E-state index contributed by atoms with van der Waals surface area (Å²) in [4.78, 5) is 12.6. The van der Waals surface area contributed by atoms with Gasteiger partial charge in [-0.3, -0.25) is 0 Å². The minimum absolute atomic E-state index is 0.233. The second kappa shape index (κ2) is 7.33. The third kappa shape index (κ3) is 4.25. The van der Waals surface area contributed by atoms with E-state index in [1.807, 2.05) is 17.5 Å². The Kier molecular flexibility index (Phi) is 5.46. The third-order valence-electron chi connectivity index (χ3n) is 3.03. The first-order valence-electron chi connectivity index (χ1n) is 6.70. The van der Waals surface area contributed by atoms with E-state index in [4.69, 9.17) is 0 Å². The van der Waals surface area contributed by atoms with E-state index in [9.17, 15) is 18.7 Å². The van der Waals surface area contributed by atoms with Crippen molar-refractivity contribution in [3.8, 4) is 0 Å². The van der Waals surface area contributed by atoms with Crippen molar-refractivity contribution in [1.82, 2.24) is 5.32 Å². The van der Waals surface area contributed by atoms with Gasteiger partial charge >= 0.3 is 6.03 Å². The van der Waals surface area contributed by atoms with Gasteiger partial charge in [0.1, 0.15) is 0 Å². The zero-order valence-corrected chi connectivity index (χ0v) is 12.7. The van der Waals surface area contributed by atoms with Crippen molar-refractivity contribution in [1.29, 1.82) is 0 Å². The molecule has 0 saturated carbocycles. The number of carbonyl (C=O) groups excluding carboxylic acids is 1. The minimum Gasteiger partial charge on any atom is -0.387 e. The molecule has 1 aromatic heterocycles. The summed E-state index contributed by atoms with van der Waals surface area (Å²) in [6, 6.07) is 6.19. The number of benzene rings is 1. The normalized spacial score (nSPS) is 13.5. The molecule has 1 heterocycles. The summed E-state index contributed by atoms with van der Waals surface area (Å²) in [5.74, 6) is -2.14. The molecule has 7 heteroatoms. The summed E-state index contributed by atoms with van der Waals surface area (Å²) in [5, 5.41) is 16.7. The van der Waals surface area contributed by atoms with Gasteiger partial charge in [0, 0.05) is 10.9 Å². The molecule has 118 valence electrons. The van der Waals surface area contributed by atoms with Crippen molar-refractivity contribution >= 4 is 23.1 Å². The van der Waals surface area contributed by atoms with E-state index >= 15 is 0 Å². The van der Waals surface area contributed by atoms with Crippen LogP contribution in [0.5, 0.6) is 0 Å². The summed E-state index contributed by atoms with van der Waals surface area (Å²) in [5.41, 5.74) is -0.233. The van der Waals surface area contributed by atoms with Gasteiger partial charge in [0.2, 0.25) is 0 Å². The number of aliphatic hydroxyl groups excluding tert-OH is 1. The molecule has 1 aromatic carbocycles. The predicted octanol–water partition coefficient (Wildman–Crippen LogP) is 3.66. The maximum Gasteiger partial charge on any atom is 0.319 e. The molecule has 2 rings (SSSR count). The van der Waals surface area contributed by atoms with E-state index in [-0.39, 0.29) is 11.7 Å². The second-order valence-electron chi connectivity index (χ2n) is 4.87. The third-order valence-corrected chi connectivity index (χ3v) is 4.00. The van der Waals surface area contributed by atoms with Gasteiger partial charge in [-0.2, -0.15) is 0 Å². The van der Waals surface area contributed by atoms with Crippen LogP contribution in [0.2, 0.25) is 0 Å². The van der Waals surface area contributed by atoms with Crippen molar-refractivity contribution in [3.05, 3.63) is 52.2 Å². The Morgan fingerprint density at radius 1 is 1.32 bits per heavy atom. The topological polar surface area (TPSA) is 61.4 Å². The molecule has 2 unspecified atom stereocenters. The Morgan fingerprint density at radius 3 is 2.77 bits per heavy atom. The highest BCUT2D eigenvalue weighted by Crippen LogP contribution is 2.23. The number of thiophene rings is 1. The van der Waals surface area contributed by atoms with Crippen LogP contribution >= 0.6 is 11.3 Å². The van der Waals surface area contributed by atoms with Crippen LogP contribution in [0.15, 0.2) is 35.7 Å². The number of halogens is 2. The van der Waals surface area contributed by atoms with Crippen molar-refractivity contribution in [2.45, 2.75) is 25.5 Å². The maximum absolute atomic E-state index is 13.4. The molecule has 0 saturated heterocycles. The summed E-state index contributed by atoms with van der Waals surface area (Å²) < 4.78 is 26.5. The molecule has 0 fully saturated rings. The van der Waals surface area contributed by atoms with Gasteiger partial charge in [0.15, 0.2) is 11.6 Å². The van der Waals surface area contributed by atoms with Crippen LogP contribution in [-0.2, 0) is 0 Å². The number of nitrogens with one attached hydrogen (secondary N) is 2. The molecular formula is C15H16F2N2O2S. The number of carbonyl (C=O) groups is 1. The summed E-state index contributed by atoms with van der Waals surface area (Å²) in [6.07, 6.45) is -0.360. The van der Waals surface area contributed by atoms with Crippen LogP contribution in [0.1, 0.15) is 24.3 Å². The molecule has 3 N–H and O–H groups in total. The molecule has 0 radical (unpaired) electrons. The zero-order chi connectivity index (χ0) is 16.1. The average molecular weight is 326 g/mol. The van der Waals surface area contributed by atoms with E-state index in [1.54, 1.807) is 6.92 Å². The Hall–Kier alpha value is -1.99. The number of urea groups is 1. The van der Waals surface area contributed by atoms with E-state index in [0.29, 0.717) is 6.42 Å². The molecule has 4 nitrogen and oxygen atoms in total. The molecule has 0 aliphatic carbocycles. The zero-order valence-electron chi connectivity index (χ0n) is 11.8. The lowest BCUT2D eigenvalue weighted by molar-refractivity contribution is 0.158. The van der Waals surface area contributed by atoms with Crippen molar-refractivity contribution in [2.75, 3.05) is 5.32 Å². The summed E-state index contributed by atoms with van der Waals surface area (Å²) in [6.45, 7) is 1.72. The number of anilines is 1. The van der Waals surface area contributed by atoms with Gasteiger partial charge in [-0.25, -0.2) is 13.6 Å². The predicted molar refractivity (Wildman–Crippen MR) is 81.9 cm³/mol. The Bertz CT molecular complexity index is 634. The monoisotopic (exact) mass is 326 g/mol. The molecule has 2 amide bonds. The largest absolute Gasteiger partial charge is 0.387 e. The number of aliphatic hydroxyl groups is 1. The van der Waals surface area contributed by atoms with Crippen LogP contribution in [0.3, 0.4) is 0 Å². The molecule has 0 bridgehead atoms. The highest BCUT2D eigenvalue weighted by molar-refractivity contribution is 7.10. The van der Waals surface area contributed by atoms with Crippen LogP contribution in [-0.4, -0.2) is 17.2 Å². The van der Waals surface area contributed by atoms with E-state index < -0.39 is 23.8 Å². The van der Waals surface area contributed by atoms with Gasteiger partial charge in [0.05, 0.1) is 11.8 Å². The van der Waals surface area contributed by atoms with Crippen LogP contribution < -0.4 is 10.6 Å². The molecule has 0 aliphatic heterocycles. The SMILES string of the molecule is CC(CC(O)c1cccs1)NC(=O)Nc1cccc(F)c1F. The fourth-order valence-electron chi connectivity index (χ4n) is 1.97. The molecule has 22 heavy (non-hydrogen) atoms. The Labute approximate surface area is 130 Å². The summed E-state index contributed by atoms with van der Waals surface area (Å²) in [7, 11) is 0. The van der Waals surface area contributed by atoms with E-state index in [0.717, 1.165) is 10.9 Å². The van der Waals surface area contributed by atoms with Crippen LogP contribution in [0.25, 0.3) is 0 Å². The number of hydrogen-bond donors (Lipinski definition) is 3. The smallest absolute Gasteiger partial charge is 0.319 e. The fourth-order valence-corrected chi connectivity index (χ4v) is 2.70. The molecule has 0 spiro atoms. The van der Waals surface area contributed by atoms with Gasteiger partial charge in [-0.05, 0) is 36.9 Å². The van der Waals surface area contributed by atoms with Gasteiger partial charge in [-0.1, -0.05) is 12.1 Å². The first-order valence-corrected chi connectivity index (χ1v) is 7.58. The number of rotatable bonds is 5. The fraction of sp³-hybridized carbons (Fsp3) is 0.267. The van der Waals surface area contributed by atoms with Crippen LogP contribution in [0.4, 0.5) is 19.3 Å². The molecular weight excluding hydrogens is 310 g/mol. The standard InChI is InChI=1S/C15H16F2N2O2S/c1-9(8-12(20)13-6-3-7-22-13)18-15(21)19-11-5-2-4-10(16)14(11)17/h2-7,9,12,20H,8H2,1H3,(H2,18,19,21). The van der Waals surface area contributed by atoms with Crippen molar-refractivity contribution < 1.29 is 18.7 Å². The second-order valence-corrected chi connectivity index (χ2v) is 5.85. The van der Waals surface area contributed by atoms with E-state index in [2.05, 4.69) is 10.6 Å². The average Bonchev–Trinajstić information content (AvgIpc) is 2.97. The Morgan fingerprint density at radius 2 is 2.09 bits per heavy atom. The first kappa shape index (κ1) is 16.4. The van der Waals surface area contributed by atoms with E-state index in [1.165, 1.54) is 23.5 Å². The van der Waals surface area contributed by atoms with Crippen molar-refractivity contribution in [3.63, 3.8) is 0 Å². The molecule has 2 atom stereocenters. The van der Waals surface area contributed by atoms with Gasteiger partial charge in [-0.15, -0.1) is 11.3 Å². The first-order chi connectivity index (χ1) is 10.5. The number of amides is 2. The quantitative estimate of drug-likeness (QED) is 0.785. The lowest BCUT2D eigenvalue weighted by atomic mass is 10.1. The molecule has 0 aliphatic rings. The van der Waals surface area contributed by atoms with Crippen LogP contribution in [0, 0.1) is 11.6 Å². The lowest BCUT2D eigenvalue weighted by Gasteiger charge is -2.17. The minimum atomic E-state index is -1.11. The lowest BCUT2D eigenvalue weighted by Crippen LogP contribution is -2.37. The van der Waals surface area contributed by atoms with Gasteiger partial charge in [0.25, 0.3) is 0 Å². The summed E-state index contributed by atoms with van der Waals surface area (Å²) >= 11 is 1.43.